The maximum absolute atomic E-state index is 4.75. The zero-order chi connectivity index (χ0) is 5.82. The average molecular weight is 111 g/mol. The maximum Gasteiger partial charge on any atom is 0.495 e. The third-order valence-electron chi connectivity index (χ3n) is 0.774. The number of nitrogens with one attached hydrogen (secondary N) is 1. The van der Waals surface area contributed by atoms with Gasteiger partial charge < -0.3 is 4.74 Å². The van der Waals surface area contributed by atoms with Gasteiger partial charge >= 0.3 is 6.01 Å². The standard InChI is InChI=1S/C5H6N2O/c1-8-5-6-3-2-4-7-5/h2-4H,1H3/p+1. The molecule has 0 bridgehead atoms. The molecular weight excluding hydrogens is 104 g/mol. The highest BCUT2D eigenvalue weighted by Crippen LogP contribution is 1.86. The van der Waals surface area contributed by atoms with Crippen molar-refractivity contribution in [1.82, 2.24) is 4.98 Å². The average Bonchev–Trinajstić information content (AvgIpc) is 1.90. The Kier molecular flexibility index (Phi) is 1.42. The van der Waals surface area contributed by atoms with Crippen LogP contribution in [0.5, 0.6) is 6.01 Å². The highest BCUT2D eigenvalue weighted by atomic mass is 16.5. The molecule has 0 saturated carbocycles. The molecule has 0 amide bonds. The summed E-state index contributed by atoms with van der Waals surface area (Å²) in [7, 11) is 1.57. The first-order valence-electron chi connectivity index (χ1n) is 2.30. The topological polar surface area (TPSA) is 36.3 Å². The van der Waals surface area contributed by atoms with E-state index >= 15 is 0 Å². The molecule has 0 radical (unpaired) electrons. The lowest BCUT2D eigenvalue weighted by Crippen LogP contribution is -2.06. The van der Waals surface area contributed by atoms with Gasteiger partial charge in [0.25, 0.3) is 0 Å². The third kappa shape index (κ3) is 0.932. The minimum atomic E-state index is 0.535. The van der Waals surface area contributed by atoms with E-state index in [0.717, 1.165) is 0 Å². The Morgan fingerprint density at radius 1 is 1.75 bits per heavy atom. The molecule has 0 unspecified atom stereocenters. The van der Waals surface area contributed by atoms with Crippen LogP contribution in [0.2, 0.25) is 0 Å². The van der Waals surface area contributed by atoms with Gasteiger partial charge in [-0.2, -0.15) is 0 Å². The van der Waals surface area contributed by atoms with Crippen molar-refractivity contribution in [2.45, 2.75) is 0 Å². The second kappa shape index (κ2) is 2.26. The predicted molar refractivity (Wildman–Crippen MR) is 27.3 cm³/mol. The number of aromatic amines is 1. The zero-order valence-corrected chi connectivity index (χ0v) is 4.59. The molecule has 0 aliphatic rings. The third-order valence-corrected chi connectivity index (χ3v) is 0.774. The molecule has 1 aromatic heterocycles. The molecule has 0 fully saturated rings. The van der Waals surface area contributed by atoms with Crippen molar-refractivity contribution in [3.05, 3.63) is 18.5 Å². The molecule has 0 aliphatic carbocycles. The molecule has 8 heavy (non-hydrogen) atoms. The van der Waals surface area contributed by atoms with Crippen molar-refractivity contribution in [2.75, 3.05) is 7.11 Å². The summed E-state index contributed by atoms with van der Waals surface area (Å²) in [6, 6.07) is 2.33. The fourth-order valence-corrected chi connectivity index (χ4v) is 0.422. The summed E-state index contributed by atoms with van der Waals surface area (Å²) in [6.45, 7) is 0. The summed E-state index contributed by atoms with van der Waals surface area (Å²) in [5.74, 6) is 0. The predicted octanol–water partition coefficient (Wildman–Crippen LogP) is -0.0957. The molecule has 3 heteroatoms. The molecule has 0 aromatic carbocycles. The molecule has 1 aromatic rings. The molecule has 1 rings (SSSR count). The maximum atomic E-state index is 4.75. The summed E-state index contributed by atoms with van der Waals surface area (Å²) in [4.78, 5) is 6.60. The Bertz CT molecular complexity index is 152. The summed E-state index contributed by atoms with van der Waals surface area (Å²) in [5, 5.41) is 0. The van der Waals surface area contributed by atoms with E-state index in [4.69, 9.17) is 4.74 Å². The molecule has 0 atom stereocenters. The van der Waals surface area contributed by atoms with Crippen molar-refractivity contribution < 1.29 is 9.72 Å². The molecular formula is C5H7N2O+. The molecule has 1 N–H and O–H groups in total. The van der Waals surface area contributed by atoms with Crippen LogP contribution in [0.25, 0.3) is 0 Å². The van der Waals surface area contributed by atoms with Crippen LogP contribution in [0.1, 0.15) is 0 Å². The fourth-order valence-electron chi connectivity index (χ4n) is 0.422. The van der Waals surface area contributed by atoms with Crippen LogP contribution in [0.3, 0.4) is 0 Å². The van der Waals surface area contributed by atoms with Gasteiger partial charge in [0.1, 0.15) is 6.20 Å². The first kappa shape index (κ1) is 5.03. The van der Waals surface area contributed by atoms with E-state index in [1.165, 1.54) is 0 Å². The van der Waals surface area contributed by atoms with Gasteiger partial charge in [0.2, 0.25) is 0 Å². The lowest BCUT2D eigenvalue weighted by atomic mass is 10.7. The van der Waals surface area contributed by atoms with Crippen molar-refractivity contribution in [3.63, 3.8) is 0 Å². The second-order valence-corrected chi connectivity index (χ2v) is 1.29. The molecule has 0 saturated heterocycles. The van der Waals surface area contributed by atoms with E-state index < -0.39 is 0 Å². The number of aromatic nitrogens is 2. The van der Waals surface area contributed by atoms with Crippen LogP contribution in [-0.2, 0) is 0 Å². The molecule has 0 spiro atoms. The van der Waals surface area contributed by atoms with Gasteiger partial charge in [-0.3, -0.25) is 0 Å². The number of nitrogens with zero attached hydrogens (tertiary/aromatic N) is 1. The summed E-state index contributed by atoms with van der Waals surface area (Å²) < 4.78 is 4.75. The fraction of sp³-hybridized carbons (Fsp3) is 0.200. The lowest BCUT2D eigenvalue weighted by Gasteiger charge is -1.82. The number of hydrogen-bond donors (Lipinski definition) is 0. The van der Waals surface area contributed by atoms with E-state index in [1.807, 2.05) is 0 Å². The van der Waals surface area contributed by atoms with E-state index in [2.05, 4.69) is 9.97 Å². The minimum absolute atomic E-state index is 0.535. The lowest BCUT2D eigenvalue weighted by molar-refractivity contribution is -0.398. The van der Waals surface area contributed by atoms with Gasteiger partial charge in [-0.1, -0.05) is 0 Å². The van der Waals surface area contributed by atoms with Crippen LogP contribution in [0, 0.1) is 0 Å². The normalized spacial score (nSPS) is 8.62. The first-order chi connectivity index (χ1) is 3.93. The minimum Gasteiger partial charge on any atom is -0.432 e. The zero-order valence-electron chi connectivity index (χ0n) is 4.59. The van der Waals surface area contributed by atoms with Crippen molar-refractivity contribution in [2.24, 2.45) is 0 Å². The van der Waals surface area contributed by atoms with E-state index in [1.54, 1.807) is 25.6 Å². The Morgan fingerprint density at radius 2 is 2.62 bits per heavy atom. The van der Waals surface area contributed by atoms with Crippen LogP contribution >= 0.6 is 0 Å². The van der Waals surface area contributed by atoms with Gasteiger partial charge in [-0.25, -0.2) is 4.98 Å². The molecule has 42 valence electrons. The number of ether oxygens (including phenoxy) is 1. The highest BCUT2D eigenvalue weighted by Gasteiger charge is 1.95. The number of hydrogen-bond acceptors (Lipinski definition) is 2. The van der Waals surface area contributed by atoms with Gasteiger partial charge in [0.15, 0.2) is 0 Å². The SMILES string of the molecule is COc1nccc[nH+]1. The molecule has 3 nitrogen and oxygen atoms in total. The monoisotopic (exact) mass is 111 g/mol. The van der Waals surface area contributed by atoms with Crippen LogP contribution in [0.15, 0.2) is 18.5 Å². The van der Waals surface area contributed by atoms with Gasteiger partial charge in [0, 0.05) is 6.07 Å². The van der Waals surface area contributed by atoms with Gasteiger partial charge in [0.05, 0.1) is 13.3 Å². The van der Waals surface area contributed by atoms with Crippen LogP contribution in [-0.4, -0.2) is 12.1 Å². The van der Waals surface area contributed by atoms with Crippen LogP contribution in [0.4, 0.5) is 0 Å². The van der Waals surface area contributed by atoms with Crippen LogP contribution < -0.4 is 9.72 Å². The molecule has 0 aliphatic heterocycles. The van der Waals surface area contributed by atoms with E-state index in [9.17, 15) is 0 Å². The van der Waals surface area contributed by atoms with Crippen molar-refractivity contribution in [1.29, 1.82) is 0 Å². The summed E-state index contributed by atoms with van der Waals surface area (Å²) in [6.07, 6.45) is 3.42. The quantitative estimate of drug-likeness (QED) is 0.507. The second-order valence-electron chi connectivity index (χ2n) is 1.29. The smallest absolute Gasteiger partial charge is 0.432 e. The summed E-state index contributed by atoms with van der Waals surface area (Å²) in [5.41, 5.74) is 0. The Hall–Kier alpha value is -1.12. The Labute approximate surface area is 47.3 Å². The van der Waals surface area contributed by atoms with Crippen molar-refractivity contribution >= 4 is 0 Å². The van der Waals surface area contributed by atoms with Crippen molar-refractivity contribution in [3.8, 4) is 6.01 Å². The Morgan fingerprint density at radius 3 is 3.00 bits per heavy atom. The number of H-pyrrole nitrogens is 1. The largest absolute Gasteiger partial charge is 0.495 e. The summed E-state index contributed by atoms with van der Waals surface area (Å²) >= 11 is 0. The first-order valence-corrected chi connectivity index (χ1v) is 2.30. The number of rotatable bonds is 1. The number of methoxy groups -OCH3 is 1. The van der Waals surface area contributed by atoms with Gasteiger partial charge in [-0.15, -0.1) is 0 Å². The van der Waals surface area contributed by atoms with E-state index in [0.29, 0.717) is 6.01 Å². The Balaban J connectivity index is 2.83. The van der Waals surface area contributed by atoms with Gasteiger partial charge in [-0.05, 0) is 4.98 Å². The van der Waals surface area contributed by atoms with E-state index in [-0.39, 0.29) is 0 Å². The molecule has 1 heterocycles. The highest BCUT2D eigenvalue weighted by molar-refractivity contribution is 4.81.